The van der Waals surface area contributed by atoms with Gasteiger partial charge in [-0.2, -0.15) is 13.2 Å². The first-order chi connectivity index (χ1) is 13.1. The molecule has 0 saturated carbocycles. The normalized spacial score (nSPS) is 15.6. The summed E-state index contributed by atoms with van der Waals surface area (Å²) in [5.74, 6) is 0.328. The maximum absolute atomic E-state index is 13.0. The molecule has 1 saturated heterocycles. The zero-order valence-electron chi connectivity index (χ0n) is 15.6. The van der Waals surface area contributed by atoms with Crippen molar-refractivity contribution in [2.24, 2.45) is 0 Å². The van der Waals surface area contributed by atoms with E-state index < -0.39 is 17.2 Å². The summed E-state index contributed by atoms with van der Waals surface area (Å²) in [6.07, 6.45) is -3.69. The minimum Gasteiger partial charge on any atom is -0.352 e. The minimum absolute atomic E-state index is 0.0184. The number of rotatable bonds is 3. The number of alkyl halides is 3. The van der Waals surface area contributed by atoms with Crippen LogP contribution in [-0.4, -0.2) is 42.0 Å². The Labute approximate surface area is 166 Å². The highest BCUT2D eigenvalue weighted by atomic mass is 35.5. The molecule has 0 unspecified atom stereocenters. The lowest BCUT2D eigenvalue weighted by Gasteiger charge is -2.39. The highest BCUT2D eigenvalue weighted by Crippen LogP contribution is 2.34. The summed E-state index contributed by atoms with van der Waals surface area (Å²) in [6.45, 7) is 5.60. The molecule has 0 aliphatic carbocycles. The van der Waals surface area contributed by atoms with Crippen LogP contribution >= 0.6 is 11.6 Å². The summed E-state index contributed by atoms with van der Waals surface area (Å²) in [7, 11) is 0. The molecule has 1 aromatic heterocycles. The summed E-state index contributed by atoms with van der Waals surface area (Å²) >= 11 is 6.04. The fourth-order valence-electron chi connectivity index (χ4n) is 3.31. The number of hydrogen-bond donors (Lipinski definition) is 0. The maximum atomic E-state index is 13.0. The second kappa shape index (κ2) is 7.62. The number of pyridine rings is 1. The number of benzene rings is 1. The van der Waals surface area contributed by atoms with Crippen LogP contribution in [-0.2, 0) is 16.4 Å². The van der Waals surface area contributed by atoms with E-state index in [1.807, 2.05) is 49.1 Å². The largest absolute Gasteiger partial charge is 0.417 e. The SMILES string of the molecule is CC(C)(C(=O)N1CCN(c2ncc(C(F)(F)F)cc2Cl)CC1)c1ccccc1. The Morgan fingerprint density at radius 1 is 1.04 bits per heavy atom. The van der Waals surface area contributed by atoms with Gasteiger partial charge in [0.1, 0.15) is 5.82 Å². The molecule has 0 spiro atoms. The molecular formula is C20H21ClF3N3O. The van der Waals surface area contributed by atoms with Gasteiger partial charge in [-0.25, -0.2) is 4.98 Å². The molecule has 3 rings (SSSR count). The van der Waals surface area contributed by atoms with Gasteiger partial charge in [0.15, 0.2) is 0 Å². The molecular weight excluding hydrogens is 391 g/mol. The molecule has 1 aliphatic heterocycles. The van der Waals surface area contributed by atoms with Crippen molar-refractivity contribution in [3.05, 3.63) is 58.7 Å². The molecule has 0 N–H and O–H groups in total. The summed E-state index contributed by atoms with van der Waals surface area (Å²) in [6, 6.07) is 10.5. The fourth-order valence-corrected chi connectivity index (χ4v) is 3.60. The van der Waals surface area contributed by atoms with Gasteiger partial charge in [0.25, 0.3) is 0 Å². The number of hydrogen-bond acceptors (Lipinski definition) is 3. The van der Waals surface area contributed by atoms with Gasteiger partial charge >= 0.3 is 6.18 Å². The van der Waals surface area contributed by atoms with Crippen LogP contribution in [0.15, 0.2) is 42.6 Å². The van der Waals surface area contributed by atoms with Crippen molar-refractivity contribution in [3.63, 3.8) is 0 Å². The van der Waals surface area contributed by atoms with Gasteiger partial charge in [-0.3, -0.25) is 4.79 Å². The molecule has 28 heavy (non-hydrogen) atoms. The number of nitrogens with zero attached hydrogens (tertiary/aromatic N) is 3. The van der Waals surface area contributed by atoms with E-state index in [4.69, 9.17) is 11.6 Å². The fraction of sp³-hybridized carbons (Fsp3) is 0.400. The van der Waals surface area contributed by atoms with Crippen molar-refractivity contribution >= 4 is 23.3 Å². The highest BCUT2D eigenvalue weighted by Gasteiger charge is 2.36. The Bertz CT molecular complexity index is 848. The molecule has 2 aromatic rings. The van der Waals surface area contributed by atoms with Crippen molar-refractivity contribution in [2.75, 3.05) is 31.1 Å². The third kappa shape index (κ3) is 4.09. The van der Waals surface area contributed by atoms with Crippen molar-refractivity contribution < 1.29 is 18.0 Å². The van der Waals surface area contributed by atoms with Gasteiger partial charge in [-0.15, -0.1) is 0 Å². The standard InChI is InChI=1S/C20H21ClF3N3O/c1-19(2,14-6-4-3-5-7-14)18(28)27-10-8-26(9-11-27)17-16(21)12-15(13-25-17)20(22,23)24/h3-7,12-13H,8-11H2,1-2H3. The van der Waals surface area contributed by atoms with Crippen molar-refractivity contribution in [3.8, 4) is 0 Å². The molecule has 4 nitrogen and oxygen atoms in total. The maximum Gasteiger partial charge on any atom is 0.417 e. The van der Waals surface area contributed by atoms with Gasteiger partial charge in [-0.05, 0) is 25.5 Å². The predicted octanol–water partition coefficient (Wildman–Crippen LogP) is 4.38. The lowest BCUT2D eigenvalue weighted by atomic mass is 9.83. The van der Waals surface area contributed by atoms with Gasteiger partial charge in [0, 0.05) is 32.4 Å². The van der Waals surface area contributed by atoms with Crippen molar-refractivity contribution in [1.82, 2.24) is 9.88 Å². The zero-order valence-corrected chi connectivity index (χ0v) is 16.4. The molecule has 8 heteroatoms. The van der Waals surface area contributed by atoms with E-state index in [1.54, 1.807) is 4.90 Å². The lowest BCUT2D eigenvalue weighted by Crippen LogP contribution is -2.53. The number of carbonyl (C=O) groups excluding carboxylic acids is 1. The molecule has 1 amide bonds. The van der Waals surface area contributed by atoms with E-state index in [9.17, 15) is 18.0 Å². The first kappa shape index (κ1) is 20.5. The van der Waals surface area contributed by atoms with Crippen molar-refractivity contribution in [1.29, 1.82) is 0 Å². The van der Waals surface area contributed by atoms with Gasteiger partial charge in [0.05, 0.1) is 16.0 Å². The number of amides is 1. The predicted molar refractivity (Wildman–Crippen MR) is 103 cm³/mol. The number of anilines is 1. The first-order valence-corrected chi connectivity index (χ1v) is 9.31. The highest BCUT2D eigenvalue weighted by molar-refractivity contribution is 6.33. The van der Waals surface area contributed by atoms with Crippen LogP contribution in [0.25, 0.3) is 0 Å². The van der Waals surface area contributed by atoms with E-state index in [2.05, 4.69) is 4.98 Å². The Balaban J connectivity index is 1.69. The molecule has 0 radical (unpaired) electrons. The summed E-state index contributed by atoms with van der Waals surface area (Å²) < 4.78 is 38.3. The molecule has 0 bridgehead atoms. The number of piperazine rings is 1. The summed E-state index contributed by atoms with van der Waals surface area (Å²) in [4.78, 5) is 20.5. The quantitative estimate of drug-likeness (QED) is 0.752. The Morgan fingerprint density at radius 3 is 2.18 bits per heavy atom. The second-order valence-electron chi connectivity index (χ2n) is 7.30. The van der Waals surface area contributed by atoms with Gasteiger partial charge < -0.3 is 9.80 Å². The third-order valence-corrected chi connectivity index (χ3v) is 5.32. The number of aromatic nitrogens is 1. The number of carbonyl (C=O) groups is 1. The average molecular weight is 412 g/mol. The lowest BCUT2D eigenvalue weighted by molar-refractivity contribution is -0.138. The van der Waals surface area contributed by atoms with E-state index in [-0.39, 0.29) is 10.9 Å². The molecule has 2 heterocycles. The van der Waals surface area contributed by atoms with E-state index in [0.29, 0.717) is 32.0 Å². The van der Waals surface area contributed by atoms with E-state index >= 15 is 0 Å². The van der Waals surface area contributed by atoms with Crippen LogP contribution in [0, 0.1) is 0 Å². The Morgan fingerprint density at radius 2 is 1.64 bits per heavy atom. The monoisotopic (exact) mass is 411 g/mol. The molecule has 150 valence electrons. The molecule has 1 aromatic carbocycles. The first-order valence-electron chi connectivity index (χ1n) is 8.93. The van der Waals surface area contributed by atoms with Crippen LogP contribution < -0.4 is 4.90 Å². The van der Waals surface area contributed by atoms with Crippen LogP contribution in [0.3, 0.4) is 0 Å². The second-order valence-corrected chi connectivity index (χ2v) is 7.70. The van der Waals surface area contributed by atoms with Gasteiger partial charge in [-0.1, -0.05) is 41.9 Å². The topological polar surface area (TPSA) is 36.4 Å². The smallest absolute Gasteiger partial charge is 0.352 e. The zero-order chi connectivity index (χ0) is 20.5. The van der Waals surface area contributed by atoms with Crippen molar-refractivity contribution in [2.45, 2.75) is 25.4 Å². The third-order valence-electron chi connectivity index (χ3n) is 5.05. The van der Waals surface area contributed by atoms with E-state index in [0.717, 1.165) is 17.8 Å². The van der Waals surface area contributed by atoms with Crippen LogP contribution in [0.1, 0.15) is 25.0 Å². The van der Waals surface area contributed by atoms with Crippen LogP contribution in [0.2, 0.25) is 5.02 Å². The summed E-state index contributed by atoms with van der Waals surface area (Å²) in [5, 5.41) is -0.0424. The average Bonchev–Trinajstić information content (AvgIpc) is 2.67. The number of halogens is 4. The molecule has 1 fully saturated rings. The van der Waals surface area contributed by atoms with Gasteiger partial charge in [0.2, 0.25) is 5.91 Å². The summed E-state index contributed by atoms with van der Waals surface area (Å²) in [5.41, 5.74) is -0.595. The Hall–Kier alpha value is -2.28. The van der Waals surface area contributed by atoms with E-state index in [1.165, 1.54) is 0 Å². The molecule has 0 atom stereocenters. The van der Waals surface area contributed by atoms with Crippen LogP contribution in [0.4, 0.5) is 19.0 Å². The Kier molecular flexibility index (Phi) is 5.57. The van der Waals surface area contributed by atoms with Crippen LogP contribution in [0.5, 0.6) is 0 Å². The molecule has 1 aliphatic rings. The minimum atomic E-state index is -4.48.